The second-order valence-electron chi connectivity index (χ2n) is 24.6. The molecule has 0 radical (unpaired) electrons. The fraction of sp³-hybridized carbons (Fsp3) is 0.286. The third-order valence-corrected chi connectivity index (χ3v) is 22.5. The van der Waals surface area contributed by atoms with Crippen molar-refractivity contribution in [3.05, 3.63) is 199 Å². The zero-order chi connectivity index (χ0) is 77.5. The van der Waals surface area contributed by atoms with Crippen LogP contribution in [0.2, 0.25) is 10.0 Å². The minimum absolute atomic E-state index is 0. The summed E-state index contributed by atoms with van der Waals surface area (Å²) in [6, 6.07) is 34.2. The number of halogens is 8. The number of nitrogens with two attached hydrogens (primary N) is 1. The number of alkyl carbamates (subject to hydrolysis) is 1. The van der Waals surface area contributed by atoms with E-state index in [2.05, 4.69) is 113 Å². The molecule has 0 aliphatic rings. The molecule has 40 heteroatoms. The van der Waals surface area contributed by atoms with Crippen molar-refractivity contribution < 1.29 is 135 Å². The summed E-state index contributed by atoms with van der Waals surface area (Å²) >= 11 is 25.0. The number of benzene rings is 6. The van der Waals surface area contributed by atoms with E-state index in [4.69, 9.17) is 47.9 Å². The maximum absolute atomic E-state index is 13.1. The Bertz CT molecular complexity index is 5170. The summed E-state index contributed by atoms with van der Waals surface area (Å²) < 4.78 is 136. The van der Waals surface area contributed by atoms with Gasteiger partial charge in [-0.25, -0.2) is 62.1 Å². The van der Waals surface area contributed by atoms with Crippen molar-refractivity contribution in [3.63, 3.8) is 0 Å². The van der Waals surface area contributed by atoms with Gasteiger partial charge in [-0.2, -0.15) is 0 Å². The first-order valence-electron chi connectivity index (χ1n) is 32.3. The van der Waals surface area contributed by atoms with Crippen LogP contribution in [0, 0.1) is 0 Å². The Morgan fingerprint density at radius 1 is 0.455 bits per heavy atom. The van der Waals surface area contributed by atoms with Gasteiger partial charge in [-0.15, -0.1) is 12.4 Å². The molecule has 0 fully saturated rings. The summed E-state index contributed by atoms with van der Waals surface area (Å²) in [6.07, 6.45) is 11.5. The Morgan fingerprint density at radius 3 is 1.13 bits per heavy atom. The van der Waals surface area contributed by atoms with Crippen LogP contribution in [0.25, 0.3) is 43.1 Å². The molecule has 10 aromatic rings. The molecule has 0 aliphatic heterocycles. The number of carbonyl (C=O) groups is 2. The molecule has 6 aromatic carbocycles. The van der Waals surface area contributed by atoms with Crippen molar-refractivity contribution in [2.75, 3.05) is 78.7 Å². The molecule has 0 bridgehead atoms. The van der Waals surface area contributed by atoms with E-state index in [0.717, 1.165) is 16.5 Å². The van der Waals surface area contributed by atoms with Crippen molar-refractivity contribution in [2.24, 2.45) is 5.73 Å². The summed E-state index contributed by atoms with van der Waals surface area (Å²) in [5, 5.41) is 12.2. The molecular weight excluding hydrogens is 1870 g/mol. The van der Waals surface area contributed by atoms with Crippen LogP contribution in [0.5, 0.6) is 11.5 Å². The van der Waals surface area contributed by atoms with Gasteiger partial charge in [-0.05, 0) is 163 Å². The minimum Gasteiger partial charge on any atom is -1.00 e. The predicted molar refractivity (Wildman–Crippen MR) is 435 cm³/mol. The average Bonchev–Trinajstić information content (AvgIpc) is 0.803. The summed E-state index contributed by atoms with van der Waals surface area (Å²) in [5.74, 6) is 1.35. The van der Waals surface area contributed by atoms with E-state index in [-0.39, 0.29) is 164 Å². The molecule has 4 heterocycles. The number of hydrogen-bond donors (Lipinski definition) is 7. The van der Waals surface area contributed by atoms with E-state index in [1.807, 2.05) is 12.1 Å². The topological polar surface area (TPSA) is 361 Å². The normalized spacial score (nSPS) is 11.5. The number of hydrogen-bond acceptors (Lipinski definition) is 20. The third-order valence-electron chi connectivity index (χ3n) is 14.1. The molecule has 110 heavy (non-hydrogen) atoms. The van der Waals surface area contributed by atoms with Crippen LogP contribution < -0.4 is 116 Å². The number of aromatic nitrogens is 4. The fourth-order valence-corrected chi connectivity index (χ4v) is 17.4. The number of carbonyl (C=O) groups excluding carboxylic acids is 2. The molecule has 0 unspecified atom stereocenters. The molecule has 10 rings (SSSR count). The Morgan fingerprint density at radius 2 is 0.782 bits per heavy atom. The van der Waals surface area contributed by atoms with E-state index < -0.39 is 63.5 Å². The van der Waals surface area contributed by atoms with Crippen molar-refractivity contribution in [2.45, 2.75) is 72.3 Å². The minimum atomic E-state index is -3.86. The third kappa shape index (κ3) is 32.8. The van der Waals surface area contributed by atoms with Gasteiger partial charge >= 0.3 is 71.3 Å². The molecule has 0 saturated carbocycles. The van der Waals surface area contributed by atoms with E-state index in [9.17, 15) is 43.3 Å². The SMILES string of the molecule is CC(C)(C)OC(=O)N(CCNS(=O)(=O)c1cc(Br)cc2cnccc12)CCOc1ccc(Cl)cc1.CC(C)(C)OC(=O)NCCNS(=O)(=O)c1cc(Br)cc2cnccc12.Cl.NCCNS(=O)(=O)c1cc(Br)cc2cnccc12.O=S(=O)(NCCNCCOc1ccc(Cl)cc1)c1cc(Br)cc2cnccc12.[Cl-].[H-].[Na+].[Na+]. The number of sulfonamides is 4. The number of rotatable bonds is 27. The number of nitrogens with zero attached hydrogens (tertiary/aromatic N) is 5. The molecular formula is C70H80Br4Cl4N12Na2O14S4. The van der Waals surface area contributed by atoms with Gasteiger partial charge in [0.2, 0.25) is 40.1 Å². The largest absolute Gasteiger partial charge is 1.00 e. The first-order valence-corrected chi connectivity index (χ1v) is 42.1. The van der Waals surface area contributed by atoms with Crippen molar-refractivity contribution >= 4 is 195 Å². The van der Waals surface area contributed by atoms with Crippen LogP contribution in [-0.4, -0.2) is 161 Å². The Labute approximate surface area is 742 Å². The van der Waals surface area contributed by atoms with Crippen molar-refractivity contribution in [3.8, 4) is 11.5 Å². The Kier molecular flexibility index (Phi) is 42.8. The van der Waals surface area contributed by atoms with Gasteiger partial charge in [0.15, 0.2) is 0 Å². The van der Waals surface area contributed by atoms with Gasteiger partial charge in [0.25, 0.3) is 0 Å². The molecule has 586 valence electrons. The van der Waals surface area contributed by atoms with Crippen molar-refractivity contribution in [1.82, 2.24) is 54.4 Å². The van der Waals surface area contributed by atoms with E-state index >= 15 is 0 Å². The van der Waals surface area contributed by atoms with Gasteiger partial charge < -0.3 is 54.0 Å². The van der Waals surface area contributed by atoms with Gasteiger partial charge in [0, 0.05) is 180 Å². The zero-order valence-corrected chi connectivity index (χ0v) is 77.6. The van der Waals surface area contributed by atoms with Crippen LogP contribution in [0.4, 0.5) is 9.59 Å². The smallest absolute Gasteiger partial charge is 1.00 e. The van der Waals surface area contributed by atoms with E-state index in [0.29, 0.717) is 85.7 Å². The first-order chi connectivity index (χ1) is 50.0. The zero-order valence-electron chi connectivity index (χ0n) is 61.9. The number of pyridine rings is 4. The number of amides is 2. The van der Waals surface area contributed by atoms with Crippen LogP contribution in [-0.2, 0) is 49.6 Å². The van der Waals surface area contributed by atoms with Crippen LogP contribution in [0.15, 0.2) is 208 Å². The summed E-state index contributed by atoms with van der Waals surface area (Å²) in [5.41, 5.74) is 4.01. The maximum Gasteiger partial charge on any atom is 1.00 e. The quantitative estimate of drug-likeness (QED) is 0.0277. The van der Waals surface area contributed by atoms with Gasteiger partial charge in [0.1, 0.15) is 35.9 Å². The molecule has 0 aliphatic carbocycles. The number of fused-ring (bicyclic) bond motifs is 4. The standard InChI is InChI=1S/C24H27BrClN3O5S.C19H19BrClN3O3S.C16H20BrN3O4S.C11H12BrN3O2S.2ClH.2Na.H/c1-24(2,3)34-23(30)29(12-13-33-20-6-4-19(26)5-7-20)11-10-28-35(31,32)22-15-18(25)14-17-16-27-9-8-21(17)22;20-15-11-14-13-23-6-5-18(14)19(12-15)28(25,26)24-8-7-22-9-10-27-17-3-1-16(21)2-4-17;1-16(2,3)24-15(21)19-6-7-20-25(22,23)14-9-12(17)8-11-10-18-5-4-13(11)14;12-9-5-8-7-14-3-1-10(8)11(6-9)18(16,17)15-4-2-13;;;;;/h4-9,14-16,28H,10-13H2,1-3H3;1-6,11-13,22,24H,7-10H2;4-5,8-10,20H,6-7H2,1-3H3,(H,19,21);1,3,5-7,15H,2,4,13H2;2*1H;;;/q;;;;;;2*+1;-1/p-1. The molecule has 0 atom stereocenters. The second-order valence-corrected chi connectivity index (χ2v) is 36.1. The maximum atomic E-state index is 13.1. The predicted octanol–water partition coefficient (Wildman–Crippen LogP) is 4.42. The number of nitrogens with one attached hydrogen (secondary N) is 6. The fourth-order valence-electron chi connectivity index (χ4n) is 9.53. The van der Waals surface area contributed by atoms with Crippen LogP contribution >= 0.6 is 99.3 Å². The number of ether oxygens (including phenoxy) is 4. The summed E-state index contributed by atoms with van der Waals surface area (Å²) in [7, 11) is -14.8. The summed E-state index contributed by atoms with van der Waals surface area (Å²) in [4.78, 5) is 42.5. The van der Waals surface area contributed by atoms with E-state index in [1.165, 1.54) is 17.0 Å². The molecule has 4 aromatic heterocycles. The Hall–Kier alpha value is -4.26. The van der Waals surface area contributed by atoms with Gasteiger partial charge in [-0.1, -0.05) is 86.9 Å². The van der Waals surface area contributed by atoms with Gasteiger partial charge in [0.05, 0.1) is 26.1 Å². The van der Waals surface area contributed by atoms with Gasteiger partial charge in [-0.3, -0.25) is 19.9 Å². The van der Waals surface area contributed by atoms with Crippen LogP contribution in [0.1, 0.15) is 43.0 Å². The molecule has 2 amide bonds. The molecule has 0 saturated heterocycles. The molecule has 26 nitrogen and oxygen atoms in total. The first kappa shape index (κ1) is 99.9. The second kappa shape index (κ2) is 47.1. The van der Waals surface area contributed by atoms with Crippen LogP contribution in [0.3, 0.4) is 0 Å². The molecule has 8 N–H and O–H groups in total. The molecule has 0 spiro atoms. The Balaban J connectivity index is 0.000000506. The van der Waals surface area contributed by atoms with E-state index in [1.54, 1.807) is 188 Å². The monoisotopic (exact) mass is 1940 g/mol. The average molecular weight is 1950 g/mol. The van der Waals surface area contributed by atoms with Crippen molar-refractivity contribution in [1.29, 1.82) is 0 Å². The summed E-state index contributed by atoms with van der Waals surface area (Å²) in [6.45, 7) is 13.5.